The molecule has 0 N–H and O–H groups in total. The van der Waals surface area contributed by atoms with Gasteiger partial charge in [0.05, 0.1) is 15.1 Å². The highest BCUT2D eigenvalue weighted by molar-refractivity contribution is 7.16. The molecule has 1 aromatic heterocycles. The first kappa shape index (κ1) is 17.3. The molecule has 0 unspecified atom stereocenters. The van der Waals surface area contributed by atoms with Crippen molar-refractivity contribution in [3.05, 3.63) is 68.0 Å². The average Bonchev–Trinajstić information content (AvgIpc) is 2.91. The zero-order valence-corrected chi connectivity index (χ0v) is 14.9. The molecule has 0 aliphatic carbocycles. The average molecular weight is 376 g/mol. The molecule has 3 rings (SSSR count). The minimum absolute atomic E-state index is 0.0222. The number of carbonyl (C=O) groups excluding carboxylic acids is 1. The van der Waals surface area contributed by atoms with Gasteiger partial charge in [0.1, 0.15) is 5.56 Å². The summed E-state index contributed by atoms with van der Waals surface area (Å²) in [5.74, 6) is -0.630. The van der Waals surface area contributed by atoms with Gasteiger partial charge in [0.25, 0.3) is 11.6 Å². The number of carbonyl (C=O) groups is 1. The topological polar surface area (TPSA) is 77.5 Å². The van der Waals surface area contributed by atoms with Crippen LogP contribution in [0.15, 0.2) is 47.5 Å². The summed E-state index contributed by atoms with van der Waals surface area (Å²) in [6.45, 7) is 2.71. The van der Waals surface area contributed by atoms with Crippen molar-refractivity contribution in [2.24, 2.45) is 4.99 Å². The van der Waals surface area contributed by atoms with E-state index in [-0.39, 0.29) is 11.3 Å². The monoisotopic (exact) mass is 375 g/mol. The summed E-state index contributed by atoms with van der Waals surface area (Å²) in [4.78, 5) is 27.7. The quantitative estimate of drug-likeness (QED) is 0.500. The van der Waals surface area contributed by atoms with Crippen LogP contribution in [0.25, 0.3) is 10.2 Å². The van der Waals surface area contributed by atoms with Crippen LogP contribution in [-0.4, -0.2) is 15.4 Å². The number of nitro groups is 1. The zero-order chi connectivity index (χ0) is 18.0. The third kappa shape index (κ3) is 3.47. The highest BCUT2D eigenvalue weighted by atomic mass is 35.5. The number of aromatic nitrogens is 1. The lowest BCUT2D eigenvalue weighted by Gasteiger charge is -2.02. The highest BCUT2D eigenvalue weighted by Gasteiger charge is 2.19. The smallest absolute Gasteiger partial charge is 0.286 e. The normalized spacial score (nSPS) is 11.8. The van der Waals surface area contributed by atoms with Crippen LogP contribution in [0.3, 0.4) is 0 Å². The van der Waals surface area contributed by atoms with E-state index in [1.807, 2.05) is 23.6 Å². The third-order valence-corrected chi connectivity index (χ3v) is 4.90. The highest BCUT2D eigenvalue weighted by Crippen LogP contribution is 2.23. The maximum absolute atomic E-state index is 12.5. The van der Waals surface area contributed by atoms with E-state index in [2.05, 4.69) is 4.99 Å². The van der Waals surface area contributed by atoms with Gasteiger partial charge in [-0.15, -0.1) is 0 Å². The molecule has 0 aliphatic rings. The fraction of sp³-hybridized carbons (Fsp3) is 0.176. The van der Waals surface area contributed by atoms with Crippen LogP contribution >= 0.6 is 22.9 Å². The second kappa shape index (κ2) is 7.16. The molecule has 0 atom stereocenters. The van der Waals surface area contributed by atoms with E-state index in [4.69, 9.17) is 11.6 Å². The Morgan fingerprint density at radius 1 is 1.32 bits per heavy atom. The maximum Gasteiger partial charge on any atom is 0.286 e. The number of halogens is 1. The van der Waals surface area contributed by atoms with Crippen LogP contribution in [0, 0.1) is 10.1 Å². The summed E-state index contributed by atoms with van der Waals surface area (Å²) in [6.07, 6.45) is 0.862. The molecule has 2 aromatic carbocycles. The first-order valence-corrected chi connectivity index (χ1v) is 8.82. The number of aryl methyl sites for hydroxylation is 1. The fourth-order valence-electron chi connectivity index (χ4n) is 2.53. The first-order chi connectivity index (χ1) is 12.0. The number of rotatable bonds is 4. The van der Waals surface area contributed by atoms with Gasteiger partial charge in [-0.2, -0.15) is 4.99 Å². The number of nitrogens with zero attached hydrogens (tertiary/aromatic N) is 3. The molecule has 0 radical (unpaired) electrons. The van der Waals surface area contributed by atoms with Crippen LogP contribution in [-0.2, 0) is 6.54 Å². The number of fused-ring (bicyclic) bond motifs is 1. The molecule has 0 saturated heterocycles. The Hall–Kier alpha value is -2.51. The summed E-state index contributed by atoms with van der Waals surface area (Å²) < 4.78 is 2.85. The summed E-state index contributed by atoms with van der Waals surface area (Å²) >= 11 is 7.38. The first-order valence-electron chi connectivity index (χ1n) is 7.62. The van der Waals surface area contributed by atoms with E-state index in [0.717, 1.165) is 16.6 Å². The van der Waals surface area contributed by atoms with Gasteiger partial charge in [-0.1, -0.05) is 42.0 Å². The molecule has 128 valence electrons. The Labute approximate surface area is 152 Å². The number of benzene rings is 2. The molecule has 0 fully saturated rings. The number of hydrogen-bond donors (Lipinski definition) is 0. The molecule has 6 nitrogen and oxygen atoms in total. The number of hydrogen-bond acceptors (Lipinski definition) is 4. The fourth-order valence-corrected chi connectivity index (χ4v) is 3.86. The van der Waals surface area contributed by atoms with Gasteiger partial charge in [-0.25, -0.2) is 0 Å². The second-order valence-corrected chi connectivity index (χ2v) is 6.79. The van der Waals surface area contributed by atoms with E-state index >= 15 is 0 Å². The number of thiazole rings is 1. The van der Waals surface area contributed by atoms with E-state index < -0.39 is 10.8 Å². The molecule has 3 aromatic rings. The van der Waals surface area contributed by atoms with Gasteiger partial charge < -0.3 is 4.57 Å². The Balaban J connectivity index is 2.17. The van der Waals surface area contributed by atoms with Crippen LogP contribution in [0.4, 0.5) is 5.69 Å². The van der Waals surface area contributed by atoms with Crippen molar-refractivity contribution in [3.8, 4) is 0 Å². The zero-order valence-electron chi connectivity index (χ0n) is 13.3. The molecule has 0 bridgehead atoms. The SMILES string of the molecule is CCCn1c(=NC(=O)c2ccccc2[N+](=O)[O-])sc2cc(Cl)ccc21. The minimum atomic E-state index is -0.630. The third-order valence-electron chi connectivity index (χ3n) is 3.62. The van der Waals surface area contributed by atoms with Crippen LogP contribution in [0.5, 0.6) is 0 Å². The lowest BCUT2D eigenvalue weighted by Crippen LogP contribution is -2.17. The van der Waals surface area contributed by atoms with E-state index in [0.29, 0.717) is 16.4 Å². The van der Waals surface area contributed by atoms with Crippen LogP contribution < -0.4 is 4.80 Å². The largest absolute Gasteiger partial charge is 0.316 e. The molecule has 25 heavy (non-hydrogen) atoms. The second-order valence-electron chi connectivity index (χ2n) is 5.34. The lowest BCUT2D eigenvalue weighted by atomic mass is 10.2. The maximum atomic E-state index is 12.5. The molecule has 1 heterocycles. The molecule has 0 saturated carbocycles. The lowest BCUT2D eigenvalue weighted by molar-refractivity contribution is -0.385. The molecular formula is C17H14ClN3O3S. The van der Waals surface area contributed by atoms with Crippen molar-refractivity contribution < 1.29 is 9.72 Å². The summed E-state index contributed by atoms with van der Waals surface area (Å²) in [5, 5.41) is 11.7. The van der Waals surface area contributed by atoms with Crippen molar-refractivity contribution in [2.75, 3.05) is 0 Å². The Bertz CT molecular complexity index is 1040. The predicted molar refractivity (Wildman–Crippen MR) is 98.1 cm³/mol. The summed E-state index contributed by atoms with van der Waals surface area (Å²) in [6, 6.07) is 11.3. The molecular weight excluding hydrogens is 362 g/mol. The standard InChI is InChI=1S/C17H14ClN3O3S/c1-2-9-20-14-8-7-11(18)10-15(14)25-17(20)19-16(22)12-5-3-4-6-13(12)21(23)24/h3-8,10H,2,9H2,1H3. The Morgan fingerprint density at radius 2 is 2.08 bits per heavy atom. The van der Waals surface area contributed by atoms with Crippen molar-refractivity contribution >= 4 is 44.7 Å². The number of para-hydroxylation sites is 1. The van der Waals surface area contributed by atoms with Gasteiger partial charge in [0.2, 0.25) is 0 Å². The number of amides is 1. The molecule has 8 heteroatoms. The summed E-state index contributed by atoms with van der Waals surface area (Å²) in [7, 11) is 0. The van der Waals surface area contributed by atoms with Crippen LogP contribution in [0.2, 0.25) is 5.02 Å². The Morgan fingerprint density at radius 3 is 2.80 bits per heavy atom. The molecule has 1 amide bonds. The molecule has 0 spiro atoms. The summed E-state index contributed by atoms with van der Waals surface area (Å²) in [5.41, 5.74) is 0.666. The van der Waals surface area contributed by atoms with Crippen LogP contribution in [0.1, 0.15) is 23.7 Å². The molecule has 0 aliphatic heterocycles. The van der Waals surface area contributed by atoms with Crippen molar-refractivity contribution in [1.29, 1.82) is 0 Å². The van der Waals surface area contributed by atoms with E-state index in [1.54, 1.807) is 12.1 Å². The van der Waals surface area contributed by atoms with E-state index in [9.17, 15) is 14.9 Å². The van der Waals surface area contributed by atoms with E-state index in [1.165, 1.54) is 29.5 Å². The van der Waals surface area contributed by atoms with Gasteiger partial charge >= 0.3 is 0 Å². The number of nitro benzene ring substituents is 1. The van der Waals surface area contributed by atoms with Crippen molar-refractivity contribution in [1.82, 2.24) is 4.57 Å². The van der Waals surface area contributed by atoms with Gasteiger partial charge in [0.15, 0.2) is 4.80 Å². The Kier molecular flexibility index (Phi) is 4.96. The van der Waals surface area contributed by atoms with Crippen molar-refractivity contribution in [3.63, 3.8) is 0 Å². The minimum Gasteiger partial charge on any atom is -0.316 e. The van der Waals surface area contributed by atoms with Crippen molar-refractivity contribution in [2.45, 2.75) is 19.9 Å². The van der Waals surface area contributed by atoms with Gasteiger partial charge in [0, 0.05) is 17.6 Å². The van der Waals surface area contributed by atoms with Gasteiger partial charge in [-0.05, 0) is 30.7 Å². The predicted octanol–water partition coefficient (Wildman–Crippen LogP) is 4.42. The van der Waals surface area contributed by atoms with Gasteiger partial charge in [-0.3, -0.25) is 14.9 Å².